The number of nitrogens with two attached hydrogens (primary N) is 1. The molecule has 0 spiro atoms. The summed E-state index contributed by atoms with van der Waals surface area (Å²) >= 11 is 0. The molecule has 35 heavy (non-hydrogen) atoms. The van der Waals surface area contributed by atoms with Gasteiger partial charge < -0.3 is 16.0 Å². The van der Waals surface area contributed by atoms with Crippen molar-refractivity contribution in [3.8, 4) is 0 Å². The van der Waals surface area contributed by atoms with Crippen LogP contribution in [0.25, 0.3) is 0 Å². The van der Waals surface area contributed by atoms with Gasteiger partial charge in [-0.3, -0.25) is 24.1 Å². The number of benzene rings is 3. The Balaban J connectivity index is 1.37. The maximum Gasteiger partial charge on any atom is 0.261 e. The predicted molar refractivity (Wildman–Crippen MR) is 131 cm³/mol. The topological polar surface area (TPSA) is 113 Å². The molecule has 0 unspecified atom stereocenters. The van der Waals surface area contributed by atoms with Crippen LogP contribution in [0.2, 0.25) is 0 Å². The minimum Gasteiger partial charge on any atom is -0.370 e. The molecule has 1 fully saturated rings. The number of carbonyl (C=O) groups excluding carboxylic acids is 4. The maximum absolute atomic E-state index is 13.2. The smallest absolute Gasteiger partial charge is 0.261 e. The van der Waals surface area contributed by atoms with E-state index in [4.69, 9.17) is 5.73 Å². The summed E-state index contributed by atoms with van der Waals surface area (Å²) in [6.45, 7) is 1.80. The van der Waals surface area contributed by atoms with Crippen molar-refractivity contribution >= 4 is 35.0 Å². The Morgan fingerprint density at radius 2 is 1.51 bits per heavy atom. The summed E-state index contributed by atoms with van der Waals surface area (Å²) in [5.74, 6) is -1.63. The van der Waals surface area contributed by atoms with Crippen LogP contribution in [0.5, 0.6) is 0 Å². The fourth-order valence-corrected chi connectivity index (χ4v) is 4.59. The molecule has 0 aliphatic carbocycles. The van der Waals surface area contributed by atoms with Crippen LogP contribution in [0, 0.1) is 0 Å². The number of amides is 4. The molecule has 0 aromatic heterocycles. The summed E-state index contributed by atoms with van der Waals surface area (Å²) in [4.78, 5) is 53.6. The van der Waals surface area contributed by atoms with Crippen molar-refractivity contribution in [1.29, 1.82) is 0 Å². The van der Waals surface area contributed by atoms with Crippen LogP contribution in [-0.4, -0.2) is 41.6 Å². The van der Waals surface area contributed by atoms with Gasteiger partial charge in [0.1, 0.15) is 0 Å². The lowest BCUT2D eigenvalue weighted by Crippen LogP contribution is -2.29. The molecular weight excluding hydrogens is 444 g/mol. The number of primary amides is 1. The Morgan fingerprint density at radius 3 is 2.17 bits per heavy atom. The number of imide groups is 1. The number of fused-ring (bicyclic) bond motifs is 1. The number of anilines is 2. The lowest BCUT2D eigenvalue weighted by Gasteiger charge is -2.22. The van der Waals surface area contributed by atoms with E-state index in [0.29, 0.717) is 33.5 Å². The molecule has 3 N–H and O–H groups in total. The van der Waals surface area contributed by atoms with E-state index in [1.807, 2.05) is 0 Å². The van der Waals surface area contributed by atoms with Gasteiger partial charge in [0.2, 0.25) is 5.91 Å². The van der Waals surface area contributed by atoms with Crippen LogP contribution in [0.4, 0.5) is 11.4 Å². The van der Waals surface area contributed by atoms with Gasteiger partial charge in [-0.2, -0.15) is 0 Å². The monoisotopic (exact) mass is 468 g/mol. The quantitative estimate of drug-likeness (QED) is 0.538. The molecule has 2 aliphatic heterocycles. The summed E-state index contributed by atoms with van der Waals surface area (Å²) in [7, 11) is 0. The molecule has 3 aromatic rings. The van der Waals surface area contributed by atoms with Crippen LogP contribution in [0.3, 0.4) is 0 Å². The Bertz CT molecular complexity index is 1330. The van der Waals surface area contributed by atoms with Crippen molar-refractivity contribution in [3.05, 3.63) is 94.5 Å². The second kappa shape index (κ2) is 9.06. The van der Waals surface area contributed by atoms with Gasteiger partial charge >= 0.3 is 0 Å². The SMILES string of the molecule is NC(=O)c1ccc(N2CCCC2)c(NC(=O)c2cccc(CN3C(=O)c4ccccc4C3=O)c2)c1. The second-order valence-electron chi connectivity index (χ2n) is 8.69. The first kappa shape index (κ1) is 22.3. The zero-order valence-electron chi connectivity index (χ0n) is 19.0. The van der Waals surface area contributed by atoms with E-state index in [2.05, 4.69) is 10.2 Å². The van der Waals surface area contributed by atoms with Gasteiger partial charge in [-0.1, -0.05) is 24.3 Å². The van der Waals surface area contributed by atoms with Crippen molar-refractivity contribution in [2.45, 2.75) is 19.4 Å². The number of hydrogen-bond donors (Lipinski definition) is 2. The predicted octanol–water partition coefficient (Wildman–Crippen LogP) is 3.43. The second-order valence-corrected chi connectivity index (χ2v) is 8.69. The number of nitrogens with zero attached hydrogens (tertiary/aromatic N) is 2. The molecule has 176 valence electrons. The molecule has 0 saturated carbocycles. The van der Waals surface area contributed by atoms with Gasteiger partial charge in [-0.05, 0) is 60.9 Å². The molecule has 3 aromatic carbocycles. The van der Waals surface area contributed by atoms with E-state index < -0.39 is 5.91 Å². The van der Waals surface area contributed by atoms with Crippen LogP contribution >= 0.6 is 0 Å². The summed E-state index contributed by atoms with van der Waals surface area (Å²) in [5, 5.41) is 2.92. The largest absolute Gasteiger partial charge is 0.370 e. The Morgan fingerprint density at radius 1 is 0.829 bits per heavy atom. The van der Waals surface area contributed by atoms with Crippen LogP contribution in [-0.2, 0) is 6.54 Å². The molecule has 8 nitrogen and oxygen atoms in total. The molecule has 5 rings (SSSR count). The first-order chi connectivity index (χ1) is 16.9. The van der Waals surface area contributed by atoms with Gasteiger partial charge in [-0.25, -0.2) is 0 Å². The molecule has 8 heteroatoms. The number of rotatable bonds is 6. The highest BCUT2D eigenvalue weighted by Crippen LogP contribution is 2.31. The van der Waals surface area contributed by atoms with Gasteiger partial charge in [-0.15, -0.1) is 0 Å². The highest BCUT2D eigenvalue weighted by atomic mass is 16.2. The van der Waals surface area contributed by atoms with Gasteiger partial charge in [0.15, 0.2) is 0 Å². The Kier molecular flexibility index (Phi) is 5.78. The minimum absolute atomic E-state index is 0.0592. The van der Waals surface area contributed by atoms with E-state index in [1.54, 1.807) is 66.7 Å². The third-order valence-corrected chi connectivity index (χ3v) is 6.38. The number of nitrogens with one attached hydrogen (secondary N) is 1. The minimum atomic E-state index is -0.573. The van der Waals surface area contributed by atoms with Crippen LogP contribution < -0.4 is 16.0 Å². The summed E-state index contributed by atoms with van der Waals surface area (Å²) in [5.41, 5.74) is 8.90. The van der Waals surface area contributed by atoms with Gasteiger partial charge in [0.05, 0.1) is 29.0 Å². The van der Waals surface area contributed by atoms with Crippen molar-refractivity contribution < 1.29 is 19.2 Å². The zero-order chi connectivity index (χ0) is 24.5. The van der Waals surface area contributed by atoms with E-state index >= 15 is 0 Å². The van der Waals surface area contributed by atoms with Crippen molar-refractivity contribution in [3.63, 3.8) is 0 Å². The van der Waals surface area contributed by atoms with Crippen molar-refractivity contribution in [1.82, 2.24) is 4.90 Å². The van der Waals surface area contributed by atoms with E-state index in [9.17, 15) is 19.2 Å². The Hall–Kier alpha value is -4.46. The van der Waals surface area contributed by atoms with E-state index in [1.165, 1.54) is 4.90 Å². The average molecular weight is 469 g/mol. The molecular formula is C27H24N4O4. The molecule has 0 atom stereocenters. The molecule has 1 saturated heterocycles. The zero-order valence-corrected chi connectivity index (χ0v) is 19.0. The van der Waals surface area contributed by atoms with Crippen molar-refractivity contribution in [2.75, 3.05) is 23.3 Å². The number of hydrogen-bond acceptors (Lipinski definition) is 5. The highest BCUT2D eigenvalue weighted by Gasteiger charge is 2.35. The molecule has 2 heterocycles. The summed E-state index contributed by atoms with van der Waals surface area (Å²) in [6, 6.07) is 18.6. The Labute approximate surface area is 202 Å². The summed E-state index contributed by atoms with van der Waals surface area (Å²) in [6.07, 6.45) is 2.12. The normalized spacial score (nSPS) is 14.9. The third kappa shape index (κ3) is 4.26. The van der Waals surface area contributed by atoms with Gasteiger partial charge in [0, 0.05) is 24.2 Å². The molecule has 0 bridgehead atoms. The highest BCUT2D eigenvalue weighted by molar-refractivity contribution is 6.21. The standard InChI is InChI=1S/C27H24N4O4/c28-24(32)18-10-11-23(30-12-3-4-13-30)22(15-18)29-25(33)19-7-5-6-17(14-19)16-31-26(34)20-8-1-2-9-21(20)27(31)35/h1-2,5-11,14-15H,3-4,12-13,16H2,(H2,28,32)(H,29,33). The lowest BCUT2D eigenvalue weighted by atomic mass is 10.1. The van der Waals surface area contributed by atoms with E-state index in [0.717, 1.165) is 31.6 Å². The van der Waals surface area contributed by atoms with E-state index in [-0.39, 0.29) is 24.3 Å². The van der Waals surface area contributed by atoms with Gasteiger partial charge in [0.25, 0.3) is 17.7 Å². The van der Waals surface area contributed by atoms with Crippen molar-refractivity contribution in [2.24, 2.45) is 5.73 Å². The first-order valence-electron chi connectivity index (χ1n) is 11.5. The molecule has 2 aliphatic rings. The first-order valence-corrected chi connectivity index (χ1v) is 11.5. The molecule has 4 amide bonds. The lowest BCUT2D eigenvalue weighted by molar-refractivity contribution is 0.0642. The fraction of sp³-hybridized carbons (Fsp3) is 0.185. The van der Waals surface area contributed by atoms with Crippen LogP contribution in [0.15, 0.2) is 66.7 Å². The molecule has 0 radical (unpaired) electrons. The van der Waals surface area contributed by atoms with Crippen LogP contribution in [0.1, 0.15) is 59.8 Å². The maximum atomic E-state index is 13.2. The fourth-order valence-electron chi connectivity index (χ4n) is 4.59. The number of carbonyl (C=O) groups is 4. The summed E-state index contributed by atoms with van der Waals surface area (Å²) < 4.78 is 0. The third-order valence-electron chi connectivity index (χ3n) is 6.38. The average Bonchev–Trinajstić information content (AvgIpc) is 3.48.